The fraction of sp³-hybridized carbons (Fsp3) is 0.338. The molecule has 2 heterocycles. The predicted molar refractivity (Wildman–Crippen MR) is 404 cm³/mol. The molecule has 2 aliphatic heterocycles. The third-order valence-corrected chi connectivity index (χ3v) is 20.2. The van der Waals surface area contributed by atoms with Crippen LogP contribution in [0.2, 0.25) is 0 Å². The van der Waals surface area contributed by atoms with Gasteiger partial charge >= 0.3 is 29.9 Å². The number of nitrogens with zero attached hydrogens (tertiary/aromatic N) is 2. The number of carbonyl (C=O) groups excluding carboxylic acids is 9. The number of carbonyl (C=O) groups is 11. The summed E-state index contributed by atoms with van der Waals surface area (Å²) in [5, 5.41) is 46.9. The number of carboxylic acid groups (broad SMARTS) is 2. The number of nitrogens with one attached hydrogen (secondary N) is 10. The Bertz CT molecular complexity index is 4390. The van der Waals surface area contributed by atoms with Crippen molar-refractivity contribution in [3.05, 3.63) is 251 Å². The van der Waals surface area contributed by atoms with Gasteiger partial charge in [0.15, 0.2) is 23.8 Å². The predicted octanol–water partition coefficient (Wildman–Crippen LogP) is 3.50. The smallest absolute Gasteiger partial charge is 0.343 e. The van der Waals surface area contributed by atoms with Gasteiger partial charge in [0.25, 0.3) is 16.0 Å². The van der Waals surface area contributed by atoms with E-state index in [-0.39, 0.29) is 75.5 Å². The van der Waals surface area contributed by atoms with Crippen molar-refractivity contribution in [2.45, 2.75) is 113 Å². The van der Waals surface area contributed by atoms with Crippen LogP contribution in [0.3, 0.4) is 0 Å². The van der Waals surface area contributed by atoms with Crippen LogP contribution in [-0.2, 0) is 91.8 Å². The Labute approximate surface area is 632 Å². The van der Waals surface area contributed by atoms with Crippen LogP contribution in [-0.4, -0.2) is 204 Å². The van der Waals surface area contributed by atoms with E-state index in [2.05, 4.69) is 53.2 Å². The number of carboxylic acids is 2. The molecule has 1 aliphatic carbocycles. The van der Waals surface area contributed by atoms with Gasteiger partial charge in [-0.2, -0.15) is 12.9 Å². The van der Waals surface area contributed by atoms with Crippen LogP contribution in [0, 0.1) is 0 Å². The van der Waals surface area contributed by atoms with Crippen LogP contribution < -0.4 is 53.2 Å². The highest BCUT2D eigenvalue weighted by atomic mass is 32.2. The van der Waals surface area contributed by atoms with Gasteiger partial charge in [0.05, 0.1) is 45.5 Å². The molecule has 2 fully saturated rings. The van der Waals surface area contributed by atoms with Crippen LogP contribution in [0.15, 0.2) is 218 Å². The first-order valence-corrected chi connectivity index (χ1v) is 37.8. The standard InChI is InChI=1S/C80H92N12O16S/c1-91(43-24-44-109(106,107)108,41-22-39-81-79(104)89-61(45-54-25-8-2-9-26-54)72(95)84-52-69(93)83-53-70(94)85-65(77(100)101)48-57-31-14-5-15-32-57)42-23-40-82-80(105)90-64-51-60-37-20-21-38-67-71(60)92(67,76(64)99)68(50-59-35-18-7-19-36-59)75(98)87-63(47-56-29-12-4-13-30-56)73(96)86-62(46-55-27-10-3-11-28-55)74(97)88-66(78(102)103)49-58-33-16-6-17-34-58/h2-21,25-38,61-66,68,71H,22-24,39-53H2,1H3,(H11-2,81,82,83,84,85,86,87,88,89,90,93,94,95,96,97,98,100,101,102,103,104,105,106,107,108)/p+2. The summed E-state index contributed by atoms with van der Waals surface area (Å²) in [6, 6.07) is 42.2. The summed E-state index contributed by atoms with van der Waals surface area (Å²) in [5.41, 5.74) is 5.40. The third kappa shape index (κ3) is 24.4. The molecule has 6 aromatic rings. The molecule has 3 aliphatic rings. The number of benzene rings is 6. The minimum absolute atomic E-state index is 0.00449. The Morgan fingerprint density at radius 2 is 0.835 bits per heavy atom. The fourth-order valence-corrected chi connectivity index (χ4v) is 14.4. The van der Waals surface area contributed by atoms with Gasteiger partial charge < -0.3 is 67.9 Å². The Morgan fingerprint density at radius 1 is 0.450 bits per heavy atom. The van der Waals surface area contributed by atoms with Crippen molar-refractivity contribution in [3.8, 4) is 0 Å². The van der Waals surface area contributed by atoms with Crippen molar-refractivity contribution in [2.75, 3.05) is 58.6 Å². The lowest BCUT2D eigenvalue weighted by molar-refractivity contribution is -0.909. The van der Waals surface area contributed by atoms with E-state index in [0.717, 1.165) is 5.57 Å². The van der Waals surface area contributed by atoms with E-state index in [0.29, 0.717) is 65.0 Å². The third-order valence-electron chi connectivity index (χ3n) is 19.4. The molecule has 29 heteroatoms. The average molecular weight is 1510 g/mol. The minimum Gasteiger partial charge on any atom is -0.480 e. The van der Waals surface area contributed by atoms with Crippen molar-refractivity contribution >= 4 is 75.5 Å². The van der Waals surface area contributed by atoms with E-state index in [1.54, 1.807) is 176 Å². The van der Waals surface area contributed by atoms with E-state index >= 15 is 14.4 Å². The maximum atomic E-state index is 15.7. The van der Waals surface area contributed by atoms with Gasteiger partial charge in [-0.25, -0.2) is 24.0 Å². The lowest BCUT2D eigenvalue weighted by Gasteiger charge is -2.35. The van der Waals surface area contributed by atoms with Crippen molar-refractivity contribution < 1.29 is 84.9 Å². The molecule has 6 aromatic carbocycles. The summed E-state index contributed by atoms with van der Waals surface area (Å²) in [5.74, 6) is -7.99. The van der Waals surface area contributed by atoms with E-state index in [4.69, 9.17) is 0 Å². The molecule has 28 nitrogen and oxygen atoms in total. The number of hydrogen-bond donors (Lipinski definition) is 13. The molecular weight excluding hydrogens is 1420 g/mol. The van der Waals surface area contributed by atoms with Crippen LogP contribution in [0.25, 0.3) is 0 Å². The van der Waals surface area contributed by atoms with Gasteiger partial charge in [0.2, 0.25) is 29.5 Å². The number of hydrogen-bond acceptors (Lipinski definition) is 13. The largest absolute Gasteiger partial charge is 0.480 e. The summed E-state index contributed by atoms with van der Waals surface area (Å²) < 4.78 is 33.2. The Morgan fingerprint density at radius 3 is 1.29 bits per heavy atom. The molecule has 10 atom stereocenters. The van der Waals surface area contributed by atoms with Crippen LogP contribution in [0.1, 0.15) is 59.1 Å². The summed E-state index contributed by atoms with van der Waals surface area (Å²) in [6.07, 6.45) is 7.99. The van der Waals surface area contributed by atoms with E-state index in [1.807, 2.05) is 37.4 Å². The zero-order valence-electron chi connectivity index (χ0n) is 60.4. The van der Waals surface area contributed by atoms with Crippen molar-refractivity contribution in [3.63, 3.8) is 0 Å². The minimum atomic E-state index is -4.33. The monoisotopic (exact) mass is 1510 g/mol. The number of fused-ring (bicyclic) bond motifs is 1. The second-order valence-electron chi connectivity index (χ2n) is 27.6. The molecule has 0 radical (unpaired) electrons. The SMILES string of the molecule is C[N+](CCCNC(=O)NC(Cc1ccccc1)C(=O)NCC(=O)NCC(=O)NC(Cc1ccccc1)C(=O)O)(CCCNC(=O)NC1CC2=CC=CC=C3C2[N+]3(C(Cc2ccccc2)C(=O)NC(Cc2ccccc2)C(=O)NC(Cc2ccccc2)C(=O)NC(Cc2ccccc2)C(=O)O)C1=O)CCCS(=O)(=O)O. The molecule has 0 bridgehead atoms. The maximum absolute atomic E-state index is 15.7. The van der Waals surface area contributed by atoms with Crippen LogP contribution in [0.4, 0.5) is 9.59 Å². The molecule has 0 spiro atoms. The van der Waals surface area contributed by atoms with Crippen molar-refractivity contribution in [1.82, 2.24) is 53.2 Å². The Balaban J connectivity index is 0.829. The maximum Gasteiger partial charge on any atom is 0.343 e. The molecule has 10 unspecified atom stereocenters. The fourth-order valence-electron chi connectivity index (χ4n) is 13.9. The summed E-state index contributed by atoms with van der Waals surface area (Å²) >= 11 is 0. The quantitative estimate of drug-likeness (QED) is 0.0113. The summed E-state index contributed by atoms with van der Waals surface area (Å²) in [6.45, 7) is -0.00835. The van der Waals surface area contributed by atoms with Crippen molar-refractivity contribution in [1.29, 1.82) is 0 Å². The lowest BCUT2D eigenvalue weighted by atomic mass is 9.94. The molecule has 9 rings (SSSR count). The summed E-state index contributed by atoms with van der Waals surface area (Å²) in [4.78, 5) is 152. The van der Waals surface area contributed by atoms with E-state index < -0.39 is 147 Å². The highest BCUT2D eigenvalue weighted by Gasteiger charge is 2.77. The molecule has 109 heavy (non-hydrogen) atoms. The van der Waals surface area contributed by atoms with Gasteiger partial charge in [-0.05, 0) is 33.4 Å². The number of urea groups is 2. The number of quaternary nitrogens is 2. The first kappa shape index (κ1) is 81.4. The molecular formula is C80H94N12O16S+2. The van der Waals surface area contributed by atoms with Gasteiger partial charge in [-0.1, -0.05) is 200 Å². The average Bonchev–Trinajstić information content (AvgIpc) is 1.50. The second kappa shape index (κ2) is 39.3. The van der Waals surface area contributed by atoms with Crippen molar-refractivity contribution in [2.24, 2.45) is 0 Å². The highest BCUT2D eigenvalue weighted by Crippen LogP contribution is 2.57. The Hall–Kier alpha value is -11.7. The van der Waals surface area contributed by atoms with E-state index in [9.17, 15) is 61.5 Å². The summed E-state index contributed by atoms with van der Waals surface area (Å²) in [7, 11) is -2.47. The lowest BCUT2D eigenvalue weighted by Crippen LogP contribution is -2.64. The first-order valence-electron chi connectivity index (χ1n) is 36.2. The molecule has 13 N–H and O–H groups in total. The molecule has 2 saturated heterocycles. The van der Waals surface area contributed by atoms with Gasteiger partial charge in [0.1, 0.15) is 30.2 Å². The topological polar surface area (TPSA) is 403 Å². The van der Waals surface area contributed by atoms with Crippen LogP contribution in [0.5, 0.6) is 0 Å². The zero-order chi connectivity index (χ0) is 77.9. The van der Waals surface area contributed by atoms with Gasteiger partial charge in [-0.15, -0.1) is 0 Å². The first-order chi connectivity index (χ1) is 52.4. The number of allylic oxidation sites excluding steroid dienone is 4. The van der Waals surface area contributed by atoms with Crippen LogP contribution >= 0.6 is 0 Å². The zero-order valence-corrected chi connectivity index (χ0v) is 61.2. The molecule has 11 amide bonds. The second-order valence-corrected chi connectivity index (χ2v) is 29.2. The molecule has 0 aromatic heterocycles. The number of amides is 11. The number of piperidine rings is 1. The normalized spacial score (nSPS) is 17.6. The molecule has 0 saturated carbocycles. The number of rotatable bonds is 41. The molecule has 574 valence electrons. The van der Waals surface area contributed by atoms with E-state index in [1.165, 1.54) is 0 Å². The van der Waals surface area contributed by atoms with Gasteiger partial charge in [0, 0.05) is 88.9 Å². The Kier molecular flexibility index (Phi) is 29.3. The van der Waals surface area contributed by atoms with Gasteiger partial charge in [-0.3, -0.25) is 33.3 Å². The number of aliphatic carboxylic acids is 2. The highest BCUT2D eigenvalue weighted by molar-refractivity contribution is 7.85.